The molecule has 0 spiro atoms. The lowest BCUT2D eigenvalue weighted by atomic mass is 9.94. The molecule has 5 nitrogen and oxygen atoms in total. The van der Waals surface area contributed by atoms with Crippen molar-refractivity contribution < 1.29 is 9.53 Å². The Morgan fingerprint density at radius 3 is 2.88 bits per heavy atom. The average molecular weight is 353 g/mol. The number of carbonyl (C=O) groups excluding carboxylic acids is 1. The van der Waals surface area contributed by atoms with Crippen LogP contribution in [0, 0.1) is 6.92 Å². The summed E-state index contributed by atoms with van der Waals surface area (Å²) in [6.07, 6.45) is 0.959. The van der Waals surface area contributed by atoms with Crippen molar-refractivity contribution >= 4 is 17.2 Å². The van der Waals surface area contributed by atoms with E-state index in [0.29, 0.717) is 5.69 Å². The van der Waals surface area contributed by atoms with E-state index in [1.165, 1.54) is 4.88 Å². The number of H-pyrrole nitrogens is 1. The topological polar surface area (TPSA) is 58.2 Å². The van der Waals surface area contributed by atoms with Crippen LogP contribution >= 0.6 is 11.3 Å². The fourth-order valence-electron chi connectivity index (χ4n) is 3.11. The van der Waals surface area contributed by atoms with Crippen molar-refractivity contribution in [2.24, 2.45) is 0 Å². The summed E-state index contributed by atoms with van der Waals surface area (Å²) in [5.74, 6) is 0.779. The lowest BCUT2D eigenvalue weighted by Crippen LogP contribution is -2.45. The van der Waals surface area contributed by atoms with E-state index in [1.807, 2.05) is 41.3 Å². The highest BCUT2D eigenvalue weighted by Gasteiger charge is 2.35. The van der Waals surface area contributed by atoms with Crippen molar-refractivity contribution in [1.82, 2.24) is 15.1 Å². The van der Waals surface area contributed by atoms with Crippen LogP contribution in [0.3, 0.4) is 0 Å². The summed E-state index contributed by atoms with van der Waals surface area (Å²) in [7, 11) is 1.65. The van der Waals surface area contributed by atoms with Crippen molar-refractivity contribution in [3.63, 3.8) is 0 Å². The van der Waals surface area contributed by atoms with Gasteiger partial charge in [-0.2, -0.15) is 5.10 Å². The van der Waals surface area contributed by atoms with Gasteiger partial charge in [0.1, 0.15) is 5.75 Å². The van der Waals surface area contributed by atoms with Crippen LogP contribution in [0.5, 0.6) is 5.75 Å². The highest BCUT2D eigenvalue weighted by atomic mass is 32.1. The number of aromatic amines is 1. The molecule has 6 heteroatoms. The number of benzene rings is 1. The minimum absolute atomic E-state index is 0.0325. The van der Waals surface area contributed by atoms with Gasteiger partial charge in [0.05, 0.1) is 23.7 Å². The number of aromatic nitrogens is 2. The predicted molar refractivity (Wildman–Crippen MR) is 98.0 cm³/mol. The number of aryl methyl sites for hydroxylation is 1. The summed E-state index contributed by atoms with van der Waals surface area (Å²) in [6.45, 7) is 2.82. The number of ether oxygens (including phenoxy) is 1. The number of thiophene rings is 1. The van der Waals surface area contributed by atoms with Crippen LogP contribution in [0.1, 0.15) is 33.4 Å². The molecule has 3 heterocycles. The lowest BCUT2D eigenvalue weighted by molar-refractivity contribution is 0.0453. The van der Waals surface area contributed by atoms with Gasteiger partial charge >= 0.3 is 0 Å². The quantitative estimate of drug-likeness (QED) is 0.770. The minimum atomic E-state index is -0.0325. The molecular formula is C19H19N3O2S. The van der Waals surface area contributed by atoms with Crippen molar-refractivity contribution in [3.8, 4) is 16.3 Å². The van der Waals surface area contributed by atoms with E-state index in [2.05, 4.69) is 23.2 Å². The fourth-order valence-corrected chi connectivity index (χ4v) is 3.94. The standard InChI is InChI=1S/C19H19N3O2S/c1-12-6-7-18(25-12)15-11-16(21-20-15)19(23)22-9-8-17(22)13-4-3-5-14(10-13)24-2/h3-7,10-11,17H,8-9H2,1-2H3,(H,20,21)/t17-/m0/s1. The van der Waals surface area contributed by atoms with Gasteiger partial charge < -0.3 is 9.64 Å². The Kier molecular flexibility index (Phi) is 4.05. The van der Waals surface area contributed by atoms with Crippen LogP contribution in [-0.2, 0) is 0 Å². The van der Waals surface area contributed by atoms with Crippen molar-refractivity contribution in [1.29, 1.82) is 0 Å². The van der Waals surface area contributed by atoms with Crippen molar-refractivity contribution in [2.45, 2.75) is 19.4 Å². The number of rotatable bonds is 4. The number of nitrogens with one attached hydrogen (secondary N) is 1. The molecule has 0 unspecified atom stereocenters. The second kappa shape index (κ2) is 6.37. The number of hydrogen-bond acceptors (Lipinski definition) is 4. The molecule has 25 heavy (non-hydrogen) atoms. The van der Waals surface area contributed by atoms with E-state index < -0.39 is 0 Å². The molecule has 0 saturated carbocycles. The molecule has 1 aliphatic rings. The van der Waals surface area contributed by atoms with Gasteiger partial charge in [0, 0.05) is 11.4 Å². The zero-order chi connectivity index (χ0) is 17.4. The van der Waals surface area contributed by atoms with Crippen LogP contribution in [-0.4, -0.2) is 34.7 Å². The number of nitrogens with zero attached hydrogens (tertiary/aromatic N) is 2. The van der Waals surface area contributed by atoms with Gasteiger partial charge in [0.2, 0.25) is 0 Å². The molecule has 1 N–H and O–H groups in total. The summed E-state index contributed by atoms with van der Waals surface area (Å²) < 4.78 is 5.29. The Morgan fingerprint density at radius 1 is 1.32 bits per heavy atom. The third kappa shape index (κ3) is 2.93. The molecule has 1 atom stereocenters. The highest BCUT2D eigenvalue weighted by molar-refractivity contribution is 7.15. The number of likely N-dealkylation sites (tertiary alicyclic amines) is 1. The van der Waals surface area contributed by atoms with E-state index in [9.17, 15) is 4.79 Å². The van der Waals surface area contributed by atoms with Crippen LogP contribution in [0.4, 0.5) is 0 Å². The molecule has 128 valence electrons. The second-order valence-electron chi connectivity index (χ2n) is 6.16. The van der Waals surface area contributed by atoms with E-state index in [1.54, 1.807) is 18.4 Å². The van der Waals surface area contributed by atoms with Gasteiger partial charge in [-0.25, -0.2) is 0 Å². The van der Waals surface area contributed by atoms with E-state index in [4.69, 9.17) is 4.74 Å². The Bertz CT molecular complexity index is 915. The van der Waals surface area contributed by atoms with Gasteiger partial charge in [-0.1, -0.05) is 12.1 Å². The Balaban J connectivity index is 1.54. The molecule has 0 radical (unpaired) electrons. The molecule has 0 bridgehead atoms. The van der Waals surface area contributed by atoms with Crippen molar-refractivity contribution in [3.05, 3.63) is 58.6 Å². The molecule has 1 aromatic carbocycles. The number of amides is 1. The number of hydrogen-bond donors (Lipinski definition) is 1. The maximum atomic E-state index is 12.8. The maximum absolute atomic E-state index is 12.8. The first-order valence-corrected chi connectivity index (χ1v) is 9.04. The van der Waals surface area contributed by atoms with Crippen molar-refractivity contribution in [2.75, 3.05) is 13.7 Å². The summed E-state index contributed by atoms with van der Waals surface area (Å²) in [5.41, 5.74) is 2.46. The van der Waals surface area contributed by atoms with Crippen LogP contribution < -0.4 is 4.74 Å². The van der Waals surface area contributed by atoms with Gasteiger partial charge in [-0.05, 0) is 49.2 Å². The Hall–Kier alpha value is -2.60. The normalized spacial score (nSPS) is 16.6. The van der Waals surface area contributed by atoms with Gasteiger partial charge in [-0.3, -0.25) is 9.89 Å². The van der Waals surface area contributed by atoms with Gasteiger partial charge in [0.15, 0.2) is 5.69 Å². The van der Waals surface area contributed by atoms with Crippen LogP contribution in [0.25, 0.3) is 10.6 Å². The third-order valence-electron chi connectivity index (χ3n) is 4.56. The number of carbonyl (C=O) groups is 1. The van der Waals surface area contributed by atoms with Gasteiger partial charge in [-0.15, -0.1) is 11.3 Å². The summed E-state index contributed by atoms with van der Waals surface area (Å²) in [5, 5.41) is 7.22. The summed E-state index contributed by atoms with van der Waals surface area (Å²) in [6, 6.07) is 14.0. The zero-order valence-corrected chi connectivity index (χ0v) is 15.0. The summed E-state index contributed by atoms with van der Waals surface area (Å²) >= 11 is 1.69. The highest BCUT2D eigenvalue weighted by Crippen LogP contribution is 2.36. The maximum Gasteiger partial charge on any atom is 0.274 e. The molecule has 1 aliphatic heterocycles. The van der Waals surface area contributed by atoms with Gasteiger partial charge in [0.25, 0.3) is 5.91 Å². The molecule has 1 fully saturated rings. The van der Waals surface area contributed by atoms with Crippen LogP contribution in [0.15, 0.2) is 42.5 Å². The fraction of sp³-hybridized carbons (Fsp3) is 0.263. The first-order chi connectivity index (χ1) is 12.2. The molecule has 1 saturated heterocycles. The SMILES string of the molecule is COc1cccc([C@@H]2CCN2C(=O)c2cc(-c3ccc(C)s3)[nH]n2)c1. The molecule has 3 aromatic rings. The molecular weight excluding hydrogens is 334 g/mol. The average Bonchev–Trinajstić information content (AvgIpc) is 3.23. The minimum Gasteiger partial charge on any atom is -0.497 e. The molecule has 1 amide bonds. The van der Waals surface area contributed by atoms with E-state index in [-0.39, 0.29) is 11.9 Å². The first-order valence-electron chi connectivity index (χ1n) is 8.23. The smallest absolute Gasteiger partial charge is 0.274 e. The monoisotopic (exact) mass is 353 g/mol. The second-order valence-corrected chi connectivity index (χ2v) is 7.44. The van der Waals surface area contributed by atoms with Crippen LogP contribution in [0.2, 0.25) is 0 Å². The van der Waals surface area contributed by atoms with E-state index >= 15 is 0 Å². The third-order valence-corrected chi connectivity index (χ3v) is 5.60. The molecule has 0 aliphatic carbocycles. The number of methoxy groups -OCH3 is 1. The largest absolute Gasteiger partial charge is 0.497 e. The zero-order valence-electron chi connectivity index (χ0n) is 14.2. The molecule has 2 aromatic heterocycles. The Labute approximate surface area is 150 Å². The van der Waals surface area contributed by atoms with E-state index in [0.717, 1.165) is 34.8 Å². The Morgan fingerprint density at radius 2 is 2.20 bits per heavy atom. The lowest BCUT2D eigenvalue weighted by Gasteiger charge is -2.41. The summed E-state index contributed by atoms with van der Waals surface area (Å²) in [4.78, 5) is 17.0. The first kappa shape index (κ1) is 15.9. The molecule has 4 rings (SSSR count). The predicted octanol–water partition coefficient (Wildman–Crippen LogP) is 4.04.